The number of rotatable bonds is 5. The quantitative estimate of drug-likeness (QED) is 0.573. The second-order valence-electron chi connectivity index (χ2n) is 7.35. The maximum atomic E-state index is 11.3. The normalized spacial score (nSPS) is 15.2. The summed E-state index contributed by atoms with van der Waals surface area (Å²) in [6, 6.07) is 7.48. The fourth-order valence-electron chi connectivity index (χ4n) is 3.40. The highest BCUT2D eigenvalue weighted by Gasteiger charge is 2.28. The number of benzene rings is 2. The van der Waals surface area contributed by atoms with Crippen LogP contribution in [0.5, 0.6) is 28.9 Å². The zero-order valence-corrected chi connectivity index (χ0v) is 17.8. The number of fused-ring (bicyclic) bond motifs is 1. The van der Waals surface area contributed by atoms with E-state index in [2.05, 4.69) is 4.98 Å². The van der Waals surface area contributed by atoms with Crippen LogP contribution in [0.4, 0.5) is 0 Å². The summed E-state index contributed by atoms with van der Waals surface area (Å²) >= 11 is 1.00. The molecule has 3 N–H and O–H groups in total. The molecule has 1 atom stereocenters. The third-order valence-electron chi connectivity index (χ3n) is 5.28. The standard InChI is InChI=1S/C22H23NO6S/c1-11-12(2)20-19(13(3)18(11)24)28-10-16(29-20)9-27-15-6-4-14(5-7-15)8-17-21(25)23-22(26)30-17/h4-7,16,24-25H,8-10H2,1-3H3,(H,23,26). The van der Waals surface area contributed by atoms with Gasteiger partial charge in [-0.1, -0.05) is 23.5 Å². The number of aromatic nitrogens is 1. The fraction of sp³-hybridized carbons (Fsp3) is 0.318. The van der Waals surface area contributed by atoms with Gasteiger partial charge in [0, 0.05) is 17.5 Å². The van der Waals surface area contributed by atoms with E-state index in [4.69, 9.17) is 14.2 Å². The lowest BCUT2D eigenvalue weighted by atomic mass is 10.0. The number of hydrogen-bond acceptors (Lipinski definition) is 7. The Morgan fingerprint density at radius 1 is 1.10 bits per heavy atom. The number of thiazole rings is 1. The van der Waals surface area contributed by atoms with Crippen LogP contribution in [0.15, 0.2) is 29.1 Å². The Kier molecular flexibility index (Phi) is 5.34. The van der Waals surface area contributed by atoms with Crippen molar-refractivity contribution in [2.24, 2.45) is 0 Å². The average Bonchev–Trinajstić information content (AvgIpc) is 3.06. The molecule has 1 aromatic heterocycles. The highest BCUT2D eigenvalue weighted by atomic mass is 32.1. The van der Waals surface area contributed by atoms with Crippen LogP contribution in [-0.2, 0) is 6.42 Å². The van der Waals surface area contributed by atoms with Gasteiger partial charge in [0.15, 0.2) is 17.6 Å². The van der Waals surface area contributed by atoms with Crippen molar-refractivity contribution < 1.29 is 24.4 Å². The molecule has 0 spiro atoms. The second-order valence-corrected chi connectivity index (χ2v) is 8.42. The first-order valence-electron chi connectivity index (χ1n) is 9.58. The summed E-state index contributed by atoms with van der Waals surface area (Å²) in [6.45, 7) is 6.22. The molecule has 30 heavy (non-hydrogen) atoms. The SMILES string of the molecule is Cc1c(C)c2c(c(C)c1O)OCC(COc1ccc(Cc3sc(=O)[nH]c3O)cc1)O2. The monoisotopic (exact) mass is 429 g/mol. The van der Waals surface area contributed by atoms with Gasteiger partial charge >= 0.3 is 4.87 Å². The van der Waals surface area contributed by atoms with Gasteiger partial charge in [0.2, 0.25) is 5.88 Å². The van der Waals surface area contributed by atoms with Crippen LogP contribution < -0.4 is 19.1 Å². The van der Waals surface area contributed by atoms with Crippen LogP contribution in [-0.4, -0.2) is 34.5 Å². The molecule has 1 aliphatic rings. The summed E-state index contributed by atoms with van der Waals surface area (Å²) in [5.74, 6) is 2.10. The Bertz CT molecular complexity index is 1130. The Labute approximate surface area is 177 Å². The first-order valence-corrected chi connectivity index (χ1v) is 10.4. The van der Waals surface area contributed by atoms with Gasteiger partial charge in [0.1, 0.15) is 24.7 Å². The number of phenolic OH excluding ortho intramolecular Hbond substituents is 1. The molecule has 2 aromatic carbocycles. The maximum Gasteiger partial charge on any atom is 0.307 e. The summed E-state index contributed by atoms with van der Waals surface area (Å²) in [6.07, 6.45) is 0.199. The van der Waals surface area contributed by atoms with E-state index in [1.807, 2.05) is 45.0 Å². The molecule has 0 aliphatic carbocycles. The molecule has 0 saturated carbocycles. The zero-order chi connectivity index (χ0) is 21.4. The molecular weight excluding hydrogens is 406 g/mol. The molecule has 8 heteroatoms. The number of ether oxygens (including phenoxy) is 3. The van der Waals surface area contributed by atoms with Gasteiger partial charge in [-0.05, 0) is 44.0 Å². The molecule has 0 radical (unpaired) electrons. The minimum atomic E-state index is -0.270. The predicted molar refractivity (Wildman–Crippen MR) is 114 cm³/mol. The van der Waals surface area contributed by atoms with E-state index in [-0.39, 0.29) is 22.6 Å². The van der Waals surface area contributed by atoms with Crippen LogP contribution in [0.3, 0.4) is 0 Å². The number of H-pyrrole nitrogens is 1. The van der Waals surface area contributed by atoms with Crippen molar-refractivity contribution in [1.82, 2.24) is 4.98 Å². The van der Waals surface area contributed by atoms with E-state index < -0.39 is 0 Å². The van der Waals surface area contributed by atoms with Crippen LogP contribution >= 0.6 is 11.3 Å². The minimum Gasteiger partial charge on any atom is -0.507 e. The maximum absolute atomic E-state index is 11.3. The Hall–Kier alpha value is -3.13. The van der Waals surface area contributed by atoms with Crippen LogP contribution in [0.1, 0.15) is 27.1 Å². The van der Waals surface area contributed by atoms with Gasteiger partial charge in [-0.2, -0.15) is 0 Å². The van der Waals surface area contributed by atoms with Crippen molar-refractivity contribution in [2.45, 2.75) is 33.3 Å². The smallest absolute Gasteiger partial charge is 0.307 e. The molecule has 3 aromatic rings. The lowest BCUT2D eigenvalue weighted by molar-refractivity contribution is 0.0520. The Morgan fingerprint density at radius 3 is 2.50 bits per heavy atom. The topological polar surface area (TPSA) is 101 Å². The summed E-state index contributed by atoms with van der Waals surface area (Å²) in [5, 5.41) is 19.9. The second kappa shape index (κ2) is 7.95. The molecule has 1 aliphatic heterocycles. The van der Waals surface area contributed by atoms with Gasteiger partial charge < -0.3 is 24.4 Å². The van der Waals surface area contributed by atoms with Crippen molar-refractivity contribution >= 4 is 11.3 Å². The minimum absolute atomic E-state index is 0.0749. The lowest BCUT2D eigenvalue weighted by Crippen LogP contribution is -2.35. The number of aromatic amines is 1. The van der Waals surface area contributed by atoms with E-state index in [0.717, 1.165) is 28.0 Å². The van der Waals surface area contributed by atoms with Crippen molar-refractivity contribution in [1.29, 1.82) is 0 Å². The molecule has 0 bridgehead atoms. The molecule has 0 amide bonds. The van der Waals surface area contributed by atoms with Crippen LogP contribution in [0.2, 0.25) is 0 Å². The third-order valence-corrected chi connectivity index (χ3v) is 6.15. The third kappa shape index (κ3) is 3.82. The molecule has 158 valence electrons. The fourth-order valence-corrected chi connectivity index (χ4v) is 4.16. The van der Waals surface area contributed by atoms with E-state index in [0.29, 0.717) is 47.3 Å². The molecule has 2 heterocycles. The van der Waals surface area contributed by atoms with E-state index in [1.165, 1.54) is 0 Å². The lowest BCUT2D eigenvalue weighted by Gasteiger charge is -2.30. The van der Waals surface area contributed by atoms with E-state index >= 15 is 0 Å². The summed E-state index contributed by atoms with van der Waals surface area (Å²) in [7, 11) is 0. The van der Waals surface area contributed by atoms with Crippen LogP contribution in [0, 0.1) is 20.8 Å². The van der Waals surface area contributed by atoms with Crippen LogP contribution in [0.25, 0.3) is 0 Å². The predicted octanol–water partition coefficient (Wildman–Crippen LogP) is 3.58. The van der Waals surface area contributed by atoms with Crippen molar-refractivity contribution in [3.63, 3.8) is 0 Å². The number of phenols is 1. The molecule has 0 saturated heterocycles. The molecule has 4 rings (SSSR count). The molecular formula is C22H23NO6S. The zero-order valence-electron chi connectivity index (χ0n) is 16.9. The van der Waals surface area contributed by atoms with Gasteiger partial charge in [-0.15, -0.1) is 0 Å². The summed E-state index contributed by atoms with van der Waals surface area (Å²) < 4.78 is 17.8. The Balaban J connectivity index is 1.39. The molecule has 1 unspecified atom stereocenters. The first kappa shape index (κ1) is 20.2. The van der Waals surface area contributed by atoms with Gasteiger partial charge in [-0.25, -0.2) is 0 Å². The number of nitrogens with one attached hydrogen (secondary N) is 1. The van der Waals surface area contributed by atoms with Gasteiger partial charge in [0.25, 0.3) is 0 Å². The Morgan fingerprint density at radius 2 is 1.83 bits per heavy atom. The molecule has 0 fully saturated rings. The van der Waals surface area contributed by atoms with E-state index in [1.54, 1.807) is 0 Å². The highest BCUT2D eigenvalue weighted by molar-refractivity contribution is 7.09. The first-order chi connectivity index (χ1) is 14.3. The van der Waals surface area contributed by atoms with Crippen molar-refractivity contribution in [2.75, 3.05) is 13.2 Å². The summed E-state index contributed by atoms with van der Waals surface area (Å²) in [5.41, 5.74) is 3.28. The molecule has 7 nitrogen and oxygen atoms in total. The average molecular weight is 429 g/mol. The van der Waals surface area contributed by atoms with Gasteiger partial charge in [-0.3, -0.25) is 9.78 Å². The van der Waals surface area contributed by atoms with Gasteiger partial charge in [0.05, 0.1) is 4.88 Å². The highest BCUT2D eigenvalue weighted by Crippen LogP contribution is 2.44. The number of aromatic hydroxyl groups is 2. The van der Waals surface area contributed by atoms with Crippen molar-refractivity contribution in [3.05, 3.63) is 61.1 Å². The largest absolute Gasteiger partial charge is 0.507 e. The summed E-state index contributed by atoms with van der Waals surface area (Å²) in [4.78, 5) is 14.0. The van der Waals surface area contributed by atoms with E-state index in [9.17, 15) is 15.0 Å². The van der Waals surface area contributed by atoms with Crippen molar-refractivity contribution in [3.8, 4) is 28.9 Å². The number of hydrogen-bond donors (Lipinski definition) is 3.